The van der Waals surface area contributed by atoms with Crippen LogP contribution in [0.25, 0.3) is 10.6 Å². The topological polar surface area (TPSA) is 67.6 Å². The molecule has 166 valence electrons. The average molecular weight is 466 g/mol. The Morgan fingerprint density at radius 3 is 2.70 bits per heavy atom. The second kappa shape index (κ2) is 9.35. The summed E-state index contributed by atoms with van der Waals surface area (Å²) in [6, 6.07) is 3.42. The van der Waals surface area contributed by atoms with Crippen molar-refractivity contribution in [2.45, 2.75) is 25.6 Å². The summed E-state index contributed by atoms with van der Waals surface area (Å²) < 4.78 is 48.8. The van der Waals surface area contributed by atoms with Crippen LogP contribution in [0.4, 0.5) is 13.2 Å². The summed E-state index contributed by atoms with van der Waals surface area (Å²) in [4.78, 5) is 16.6. The predicted octanol–water partition coefficient (Wildman–Crippen LogP) is 3.65. The Balaban J connectivity index is 0.00000256. The maximum atomic E-state index is 13.2. The highest BCUT2D eigenvalue weighted by Crippen LogP contribution is 2.39. The molecule has 2 saturated heterocycles. The first-order valence-electron chi connectivity index (χ1n) is 9.56. The summed E-state index contributed by atoms with van der Waals surface area (Å²) >= 11 is 1.17. The number of thiophene rings is 1. The molecule has 1 N–H and O–H groups in total. The van der Waals surface area contributed by atoms with Crippen molar-refractivity contribution in [2.75, 3.05) is 39.4 Å². The number of nitrogens with one attached hydrogen (secondary N) is 1. The van der Waals surface area contributed by atoms with E-state index in [0.29, 0.717) is 23.0 Å². The van der Waals surface area contributed by atoms with Crippen molar-refractivity contribution in [1.29, 1.82) is 0 Å². The summed E-state index contributed by atoms with van der Waals surface area (Å²) in [5.41, 5.74) is 0.0721. The molecule has 0 saturated carbocycles. The van der Waals surface area contributed by atoms with Gasteiger partial charge in [0.1, 0.15) is 5.69 Å². The molecule has 0 aliphatic carbocycles. The first-order valence-corrected chi connectivity index (χ1v) is 10.4. The third-order valence-corrected chi connectivity index (χ3v) is 6.67. The highest BCUT2D eigenvalue weighted by molar-refractivity contribution is 7.17. The number of Topliss-reactive ketones (excluding diaryl/α,β-unsaturated/α-hetero) is 1. The Morgan fingerprint density at radius 1 is 1.30 bits per heavy atom. The number of ketones is 1. The van der Waals surface area contributed by atoms with Gasteiger partial charge in [0.25, 0.3) is 0 Å². The number of nitrogens with zero attached hydrogens (tertiary/aromatic N) is 2. The van der Waals surface area contributed by atoms with Gasteiger partial charge in [-0.1, -0.05) is 5.16 Å². The number of piperidine rings is 1. The van der Waals surface area contributed by atoms with E-state index < -0.39 is 11.9 Å². The molecule has 2 unspecified atom stereocenters. The van der Waals surface area contributed by atoms with Crippen LogP contribution in [0.1, 0.15) is 27.4 Å². The number of rotatable bonds is 4. The fourth-order valence-corrected chi connectivity index (χ4v) is 5.10. The number of hydrogen-bond acceptors (Lipinski definition) is 7. The van der Waals surface area contributed by atoms with Gasteiger partial charge >= 0.3 is 6.18 Å². The molecule has 0 amide bonds. The van der Waals surface area contributed by atoms with Crippen LogP contribution >= 0.6 is 23.7 Å². The van der Waals surface area contributed by atoms with E-state index in [1.165, 1.54) is 18.3 Å². The van der Waals surface area contributed by atoms with Crippen LogP contribution in [0, 0.1) is 12.8 Å². The molecule has 2 aliphatic heterocycles. The summed E-state index contributed by atoms with van der Waals surface area (Å²) in [6.07, 6.45) is -3.86. The van der Waals surface area contributed by atoms with E-state index in [2.05, 4.69) is 19.9 Å². The number of halogens is 4. The number of carbonyl (C=O) groups excluding carboxylic acids is 1. The SMILES string of the molecule is Cc1c(-c2ccc(C(=O)C3CCNCC3N3CCOCC3)s2)noc1C(F)(F)F.Cl. The Bertz CT molecular complexity index is 880. The largest absolute Gasteiger partial charge is 0.452 e. The van der Waals surface area contributed by atoms with Crippen molar-refractivity contribution < 1.29 is 27.2 Å². The molecule has 2 aromatic heterocycles. The summed E-state index contributed by atoms with van der Waals surface area (Å²) in [5, 5.41) is 6.96. The minimum Gasteiger partial charge on any atom is -0.379 e. The van der Waals surface area contributed by atoms with Crippen LogP contribution in [-0.2, 0) is 10.9 Å². The van der Waals surface area contributed by atoms with Gasteiger partial charge in [-0.25, -0.2) is 0 Å². The predicted molar refractivity (Wildman–Crippen MR) is 108 cm³/mol. The second-order valence-electron chi connectivity index (χ2n) is 7.33. The Kier molecular flexibility index (Phi) is 7.24. The fraction of sp³-hybridized carbons (Fsp3) is 0.579. The van der Waals surface area contributed by atoms with Gasteiger partial charge in [-0.2, -0.15) is 13.2 Å². The zero-order valence-corrected chi connectivity index (χ0v) is 18.0. The van der Waals surface area contributed by atoms with E-state index in [1.807, 2.05) is 0 Å². The standard InChI is InChI=1S/C19H22F3N3O3S.ClH/c1-11-16(24-28-18(11)19(20,21)22)14-2-3-15(29-14)17(26)12-4-5-23-10-13(12)25-6-8-27-9-7-25;/h2-3,12-13,23H,4-10H2,1H3;1H. The smallest absolute Gasteiger partial charge is 0.379 e. The number of alkyl halides is 3. The molecule has 11 heteroatoms. The molecule has 30 heavy (non-hydrogen) atoms. The molecular formula is C19H23ClF3N3O3S. The average Bonchev–Trinajstić information content (AvgIpc) is 3.34. The van der Waals surface area contributed by atoms with Gasteiger partial charge in [0, 0.05) is 37.2 Å². The molecule has 2 aliphatic rings. The number of aromatic nitrogens is 1. The lowest BCUT2D eigenvalue weighted by Gasteiger charge is -2.41. The van der Waals surface area contributed by atoms with Crippen molar-refractivity contribution in [3.63, 3.8) is 0 Å². The zero-order chi connectivity index (χ0) is 20.6. The van der Waals surface area contributed by atoms with Crippen LogP contribution in [0.15, 0.2) is 16.7 Å². The molecule has 4 heterocycles. The number of hydrogen-bond donors (Lipinski definition) is 1. The Hall–Kier alpha value is -1.46. The lowest BCUT2D eigenvalue weighted by Crippen LogP contribution is -2.56. The second-order valence-corrected chi connectivity index (χ2v) is 8.41. The zero-order valence-electron chi connectivity index (χ0n) is 16.3. The van der Waals surface area contributed by atoms with E-state index >= 15 is 0 Å². The van der Waals surface area contributed by atoms with Crippen molar-refractivity contribution in [1.82, 2.24) is 15.4 Å². The number of carbonyl (C=O) groups is 1. The third kappa shape index (κ3) is 4.57. The van der Waals surface area contributed by atoms with Crippen LogP contribution in [0.3, 0.4) is 0 Å². The highest BCUT2D eigenvalue weighted by atomic mass is 35.5. The minimum atomic E-state index is -4.59. The highest BCUT2D eigenvalue weighted by Gasteiger charge is 2.40. The van der Waals surface area contributed by atoms with Crippen molar-refractivity contribution in [3.8, 4) is 10.6 Å². The molecule has 2 atom stereocenters. The van der Waals surface area contributed by atoms with Crippen molar-refractivity contribution in [2.24, 2.45) is 5.92 Å². The first-order chi connectivity index (χ1) is 13.9. The minimum absolute atomic E-state index is 0. The van der Waals surface area contributed by atoms with E-state index in [-0.39, 0.29) is 41.4 Å². The summed E-state index contributed by atoms with van der Waals surface area (Å²) in [5.74, 6) is -1.21. The van der Waals surface area contributed by atoms with Crippen LogP contribution < -0.4 is 5.32 Å². The Labute approximate surface area is 182 Å². The molecular weight excluding hydrogens is 443 g/mol. The fourth-order valence-electron chi connectivity index (χ4n) is 4.05. The van der Waals surface area contributed by atoms with Gasteiger partial charge in [0.05, 0.1) is 23.0 Å². The monoisotopic (exact) mass is 465 g/mol. The van der Waals surface area contributed by atoms with Gasteiger partial charge in [0.15, 0.2) is 5.78 Å². The van der Waals surface area contributed by atoms with Gasteiger partial charge in [-0.15, -0.1) is 23.7 Å². The van der Waals surface area contributed by atoms with E-state index in [1.54, 1.807) is 12.1 Å². The van der Waals surface area contributed by atoms with Crippen LogP contribution in [0.2, 0.25) is 0 Å². The van der Waals surface area contributed by atoms with Crippen molar-refractivity contribution >= 4 is 29.5 Å². The quantitative estimate of drug-likeness (QED) is 0.695. The Morgan fingerprint density at radius 2 is 2.03 bits per heavy atom. The third-order valence-electron chi connectivity index (χ3n) is 5.57. The molecule has 6 nitrogen and oxygen atoms in total. The van der Waals surface area contributed by atoms with Crippen LogP contribution in [-0.4, -0.2) is 61.3 Å². The van der Waals surface area contributed by atoms with E-state index in [9.17, 15) is 18.0 Å². The van der Waals surface area contributed by atoms with Gasteiger partial charge < -0.3 is 14.6 Å². The maximum Gasteiger partial charge on any atom is 0.452 e. The number of morpholine rings is 1. The summed E-state index contributed by atoms with van der Waals surface area (Å²) in [6.45, 7) is 5.76. The van der Waals surface area contributed by atoms with Gasteiger partial charge in [-0.05, 0) is 32.0 Å². The molecule has 2 aromatic rings. The van der Waals surface area contributed by atoms with Crippen molar-refractivity contribution in [3.05, 3.63) is 28.3 Å². The normalized spacial score (nSPS) is 23.2. The number of ether oxygens (including phenoxy) is 1. The molecule has 4 rings (SSSR count). The van der Waals surface area contributed by atoms with Crippen LogP contribution in [0.5, 0.6) is 0 Å². The van der Waals surface area contributed by atoms with Gasteiger partial charge in [-0.3, -0.25) is 9.69 Å². The molecule has 0 radical (unpaired) electrons. The lowest BCUT2D eigenvalue weighted by molar-refractivity contribution is -0.156. The molecule has 2 fully saturated rings. The molecule has 0 spiro atoms. The molecule has 0 aromatic carbocycles. The summed E-state index contributed by atoms with van der Waals surface area (Å²) in [7, 11) is 0. The molecule has 0 bridgehead atoms. The first kappa shape index (κ1) is 23.2. The maximum absolute atomic E-state index is 13.2. The van der Waals surface area contributed by atoms with Gasteiger partial charge in [0.2, 0.25) is 5.76 Å². The lowest BCUT2D eigenvalue weighted by atomic mass is 9.86. The van der Waals surface area contributed by atoms with E-state index in [4.69, 9.17) is 4.74 Å². The van der Waals surface area contributed by atoms with E-state index in [0.717, 1.165) is 32.6 Å².